The van der Waals surface area contributed by atoms with Crippen LogP contribution in [-0.2, 0) is 38.7 Å². The molecule has 6 unspecified atom stereocenters. The Bertz CT molecular complexity index is 1350. The van der Waals surface area contributed by atoms with Crippen molar-refractivity contribution >= 4 is 22.1 Å². The predicted molar refractivity (Wildman–Crippen MR) is 252 cm³/mol. The number of hydrogen-bond donors (Lipinski definition) is 4. The zero-order valence-electron chi connectivity index (χ0n) is 39.2. The molecule has 1 aliphatic heterocycles. The summed E-state index contributed by atoms with van der Waals surface area (Å²) in [4.78, 5) is 25.5. The first-order valence-electron chi connectivity index (χ1n) is 24.7. The molecular formula is C50H88O12S. The number of allylic oxidation sites excluding steroid dienone is 8. The Labute approximate surface area is 382 Å². The molecule has 0 aromatic rings. The second-order valence-corrected chi connectivity index (χ2v) is 18.6. The van der Waals surface area contributed by atoms with E-state index in [0.29, 0.717) is 12.8 Å². The lowest BCUT2D eigenvalue weighted by Crippen LogP contribution is -2.60. The minimum atomic E-state index is -4.60. The minimum Gasteiger partial charge on any atom is -0.462 e. The molecule has 0 aromatic heterocycles. The summed E-state index contributed by atoms with van der Waals surface area (Å²) >= 11 is 0. The summed E-state index contributed by atoms with van der Waals surface area (Å²) in [7, 11) is -4.60. The van der Waals surface area contributed by atoms with Crippen LogP contribution in [0.1, 0.15) is 200 Å². The van der Waals surface area contributed by atoms with E-state index in [1.807, 2.05) is 0 Å². The van der Waals surface area contributed by atoms with Crippen molar-refractivity contribution in [2.75, 3.05) is 19.0 Å². The summed E-state index contributed by atoms with van der Waals surface area (Å²) in [6.45, 7) is 3.66. The molecule has 0 saturated carbocycles. The first-order chi connectivity index (χ1) is 30.5. The largest absolute Gasteiger partial charge is 0.462 e. The maximum absolute atomic E-state index is 12.9. The van der Waals surface area contributed by atoms with Crippen LogP contribution >= 0.6 is 0 Å². The summed E-state index contributed by atoms with van der Waals surface area (Å²) in [5, 5.41) is 30.9. The highest BCUT2D eigenvalue weighted by Crippen LogP contribution is 2.24. The van der Waals surface area contributed by atoms with Crippen LogP contribution in [0, 0.1) is 0 Å². The smallest absolute Gasteiger partial charge is 0.306 e. The second-order valence-electron chi connectivity index (χ2n) is 17.1. The first kappa shape index (κ1) is 58.6. The second kappa shape index (κ2) is 39.9. The predicted octanol–water partition coefficient (Wildman–Crippen LogP) is 10.7. The molecule has 0 aliphatic carbocycles. The third-order valence-electron chi connectivity index (χ3n) is 11.2. The van der Waals surface area contributed by atoms with Gasteiger partial charge in [-0.3, -0.25) is 14.1 Å². The molecule has 63 heavy (non-hydrogen) atoms. The van der Waals surface area contributed by atoms with Gasteiger partial charge in [0.1, 0.15) is 36.8 Å². The van der Waals surface area contributed by atoms with Gasteiger partial charge < -0.3 is 34.3 Å². The van der Waals surface area contributed by atoms with Crippen molar-refractivity contribution in [3.05, 3.63) is 48.6 Å². The van der Waals surface area contributed by atoms with Crippen molar-refractivity contribution in [2.24, 2.45) is 0 Å². The highest BCUT2D eigenvalue weighted by Gasteiger charge is 2.46. The molecule has 12 nitrogen and oxygen atoms in total. The van der Waals surface area contributed by atoms with Crippen LogP contribution in [0.5, 0.6) is 0 Å². The first-order valence-corrected chi connectivity index (χ1v) is 26.3. The summed E-state index contributed by atoms with van der Waals surface area (Å²) in [5.41, 5.74) is 0. The van der Waals surface area contributed by atoms with Gasteiger partial charge in [-0.15, -0.1) is 0 Å². The van der Waals surface area contributed by atoms with Crippen molar-refractivity contribution < 1.29 is 56.8 Å². The molecule has 0 bridgehead atoms. The van der Waals surface area contributed by atoms with Gasteiger partial charge >= 0.3 is 11.9 Å². The SMILES string of the molecule is CC/C=C\C/C=C\C/C=C\C/C=C\CCCCCCCCCCC(=O)OC(COC(=O)CCCCCCCCCCCCCCCC)COC1OC(CS(=O)(=O)O)C(O)C(O)C1O. The Kier molecular flexibility index (Phi) is 37.2. The van der Waals surface area contributed by atoms with Gasteiger partial charge in [0.05, 0.1) is 6.61 Å². The van der Waals surface area contributed by atoms with E-state index in [4.69, 9.17) is 18.9 Å². The standard InChI is InChI=1S/C50H88O12S/c1-3-5-7-9-11-13-15-17-19-20-21-22-23-24-25-27-29-31-33-35-37-39-46(52)61-43(41-60-50-49(55)48(54)47(53)44(62-50)42-63(56,57)58)40-59-45(51)38-36-34-32-30-28-26-18-16-14-12-10-8-6-4-2/h5,7,11,13,17,19,21-22,43-44,47-50,53-55H,3-4,6,8-10,12,14-16,18,20,23-42H2,1-2H3,(H,56,57,58)/b7-5-,13-11-,19-17-,22-21-. The van der Waals surface area contributed by atoms with Crippen LogP contribution in [0.25, 0.3) is 0 Å². The Morgan fingerprint density at radius 3 is 1.49 bits per heavy atom. The van der Waals surface area contributed by atoms with Gasteiger partial charge in [0, 0.05) is 12.8 Å². The summed E-state index contributed by atoms with van der Waals surface area (Å²) in [5.74, 6) is -1.99. The normalized spacial score (nSPS) is 20.1. The van der Waals surface area contributed by atoms with Crippen LogP contribution < -0.4 is 0 Å². The molecule has 1 heterocycles. The number of aliphatic hydroxyl groups is 3. The Balaban J connectivity index is 2.39. The fourth-order valence-corrected chi connectivity index (χ4v) is 8.07. The zero-order valence-corrected chi connectivity index (χ0v) is 40.0. The van der Waals surface area contributed by atoms with Crippen molar-refractivity contribution in [3.63, 3.8) is 0 Å². The van der Waals surface area contributed by atoms with Gasteiger partial charge in [0.15, 0.2) is 12.4 Å². The van der Waals surface area contributed by atoms with Crippen molar-refractivity contribution in [3.8, 4) is 0 Å². The monoisotopic (exact) mass is 913 g/mol. The highest BCUT2D eigenvalue weighted by atomic mass is 32.2. The van der Waals surface area contributed by atoms with E-state index in [-0.39, 0.29) is 19.4 Å². The van der Waals surface area contributed by atoms with Crippen molar-refractivity contribution in [1.82, 2.24) is 0 Å². The number of ether oxygens (including phenoxy) is 4. The lowest BCUT2D eigenvalue weighted by Gasteiger charge is -2.40. The maximum Gasteiger partial charge on any atom is 0.306 e. The molecule has 1 fully saturated rings. The quantitative estimate of drug-likeness (QED) is 0.0197. The molecule has 0 aromatic carbocycles. The molecule has 13 heteroatoms. The van der Waals surface area contributed by atoms with Gasteiger partial charge in [-0.1, -0.05) is 184 Å². The molecular weight excluding hydrogens is 825 g/mol. The fourth-order valence-electron chi connectivity index (χ4n) is 7.37. The molecule has 1 rings (SSSR count). The third-order valence-corrected chi connectivity index (χ3v) is 11.9. The molecule has 1 aliphatic rings. The topological polar surface area (TPSA) is 186 Å². The van der Waals surface area contributed by atoms with Crippen LogP contribution in [0.15, 0.2) is 48.6 Å². The van der Waals surface area contributed by atoms with E-state index in [2.05, 4.69) is 62.5 Å². The maximum atomic E-state index is 12.9. The number of hydrogen-bond acceptors (Lipinski definition) is 11. The number of esters is 2. The Morgan fingerprint density at radius 1 is 0.556 bits per heavy atom. The number of aliphatic hydroxyl groups excluding tert-OH is 3. The Morgan fingerprint density at radius 2 is 1.00 bits per heavy atom. The number of carbonyl (C=O) groups excluding carboxylic acids is 2. The summed E-state index contributed by atoms with van der Waals surface area (Å²) < 4.78 is 54.2. The average molecular weight is 913 g/mol. The number of carbonyl (C=O) groups is 2. The summed E-state index contributed by atoms with van der Waals surface area (Å²) in [6, 6.07) is 0. The van der Waals surface area contributed by atoms with Crippen molar-refractivity contribution in [1.29, 1.82) is 0 Å². The van der Waals surface area contributed by atoms with Crippen LogP contribution in [-0.4, -0.2) is 96.0 Å². The van der Waals surface area contributed by atoms with Gasteiger partial charge in [0.25, 0.3) is 10.1 Å². The Hall–Kier alpha value is -2.39. The lowest BCUT2D eigenvalue weighted by atomic mass is 10.00. The van der Waals surface area contributed by atoms with E-state index in [9.17, 15) is 37.9 Å². The number of rotatable bonds is 41. The van der Waals surface area contributed by atoms with E-state index >= 15 is 0 Å². The van der Waals surface area contributed by atoms with E-state index in [1.54, 1.807) is 0 Å². The zero-order chi connectivity index (χ0) is 46.2. The van der Waals surface area contributed by atoms with Gasteiger partial charge in [-0.2, -0.15) is 8.42 Å². The van der Waals surface area contributed by atoms with Gasteiger partial charge in [0.2, 0.25) is 0 Å². The van der Waals surface area contributed by atoms with Gasteiger partial charge in [-0.25, -0.2) is 0 Å². The molecule has 6 atom stereocenters. The molecule has 1 saturated heterocycles. The molecule has 0 radical (unpaired) electrons. The van der Waals surface area contributed by atoms with E-state index in [0.717, 1.165) is 77.0 Å². The molecule has 0 amide bonds. The highest BCUT2D eigenvalue weighted by molar-refractivity contribution is 7.85. The molecule has 0 spiro atoms. The summed E-state index contributed by atoms with van der Waals surface area (Å²) in [6.07, 6.45) is 38.6. The fraction of sp³-hybridized carbons (Fsp3) is 0.800. The van der Waals surface area contributed by atoms with E-state index < -0.39 is 71.2 Å². The molecule has 4 N–H and O–H groups in total. The average Bonchev–Trinajstić information content (AvgIpc) is 3.25. The van der Waals surface area contributed by atoms with E-state index in [1.165, 1.54) is 83.5 Å². The van der Waals surface area contributed by atoms with Crippen LogP contribution in [0.3, 0.4) is 0 Å². The molecule has 366 valence electrons. The minimum absolute atomic E-state index is 0.155. The lowest BCUT2D eigenvalue weighted by molar-refractivity contribution is -0.297. The van der Waals surface area contributed by atoms with Crippen molar-refractivity contribution in [2.45, 2.75) is 237 Å². The van der Waals surface area contributed by atoms with Crippen LogP contribution in [0.4, 0.5) is 0 Å². The number of unbranched alkanes of at least 4 members (excludes halogenated alkanes) is 21. The third kappa shape index (κ3) is 34.6. The van der Waals surface area contributed by atoms with Gasteiger partial charge in [-0.05, 0) is 51.4 Å². The van der Waals surface area contributed by atoms with Crippen LogP contribution in [0.2, 0.25) is 0 Å².